The fourth-order valence-corrected chi connectivity index (χ4v) is 5.05. The van der Waals surface area contributed by atoms with E-state index in [2.05, 4.69) is 41.1 Å². The van der Waals surface area contributed by atoms with Gasteiger partial charge in [-0.2, -0.15) is 0 Å². The first kappa shape index (κ1) is 15.4. The first-order valence-corrected chi connectivity index (χ1v) is 9.57. The van der Waals surface area contributed by atoms with E-state index in [1.165, 1.54) is 33.3 Å². The number of benzene rings is 2. The van der Waals surface area contributed by atoms with Gasteiger partial charge in [-0.25, -0.2) is 0 Å². The molecule has 4 heterocycles. The minimum Gasteiger partial charge on any atom is -0.497 e. The molecule has 1 N–H and O–H groups in total. The van der Waals surface area contributed by atoms with Crippen molar-refractivity contribution in [3.8, 4) is 17.2 Å². The van der Waals surface area contributed by atoms with Gasteiger partial charge in [-0.1, -0.05) is 0 Å². The normalized spacial score (nSPS) is 23.0. The third kappa shape index (κ3) is 2.15. The van der Waals surface area contributed by atoms with Gasteiger partial charge < -0.3 is 19.2 Å². The van der Waals surface area contributed by atoms with Crippen molar-refractivity contribution in [1.82, 2.24) is 9.88 Å². The van der Waals surface area contributed by atoms with Gasteiger partial charge in [0.15, 0.2) is 11.5 Å². The largest absolute Gasteiger partial charge is 0.497 e. The molecule has 3 aromatic rings. The van der Waals surface area contributed by atoms with E-state index < -0.39 is 0 Å². The van der Waals surface area contributed by atoms with E-state index in [-0.39, 0.29) is 0 Å². The van der Waals surface area contributed by atoms with Gasteiger partial charge in [0.1, 0.15) is 5.75 Å². The average molecular weight is 362 g/mol. The summed E-state index contributed by atoms with van der Waals surface area (Å²) in [5.41, 5.74) is 6.74. The SMILES string of the molecule is COc1ccc2[nH]c3c(c2c1)C[C@H]1c2cc4c(cc2CC(C)N1C3)OCO4. The number of H-pyrrole nitrogens is 1. The quantitative estimate of drug-likeness (QED) is 0.712. The van der Waals surface area contributed by atoms with Gasteiger partial charge >= 0.3 is 0 Å². The van der Waals surface area contributed by atoms with E-state index in [0.717, 1.165) is 36.6 Å². The lowest BCUT2D eigenvalue weighted by molar-refractivity contribution is 0.105. The van der Waals surface area contributed by atoms with Crippen molar-refractivity contribution in [2.24, 2.45) is 0 Å². The molecule has 138 valence electrons. The second kappa shape index (κ2) is 5.42. The number of aromatic amines is 1. The molecule has 1 unspecified atom stereocenters. The molecule has 3 aliphatic rings. The van der Waals surface area contributed by atoms with Crippen LogP contribution in [0.1, 0.15) is 35.3 Å². The molecular weight excluding hydrogens is 340 g/mol. The van der Waals surface area contributed by atoms with Crippen molar-refractivity contribution in [3.63, 3.8) is 0 Å². The Bertz CT molecular complexity index is 1070. The Balaban J connectivity index is 1.49. The second-order valence-electron chi connectivity index (χ2n) is 7.84. The molecule has 0 radical (unpaired) electrons. The van der Waals surface area contributed by atoms with Gasteiger partial charge in [0.05, 0.1) is 7.11 Å². The molecule has 2 aromatic carbocycles. The van der Waals surface area contributed by atoms with Crippen LogP contribution in [0, 0.1) is 0 Å². The van der Waals surface area contributed by atoms with E-state index >= 15 is 0 Å². The predicted molar refractivity (Wildman–Crippen MR) is 103 cm³/mol. The van der Waals surface area contributed by atoms with Gasteiger partial charge in [-0.15, -0.1) is 0 Å². The number of hydrogen-bond donors (Lipinski definition) is 1. The zero-order chi connectivity index (χ0) is 18.1. The molecule has 0 saturated heterocycles. The van der Waals surface area contributed by atoms with Crippen molar-refractivity contribution in [1.29, 1.82) is 0 Å². The third-order valence-electron chi connectivity index (χ3n) is 6.42. The highest BCUT2D eigenvalue weighted by atomic mass is 16.7. The highest BCUT2D eigenvalue weighted by Crippen LogP contribution is 2.46. The lowest BCUT2D eigenvalue weighted by atomic mass is 9.82. The van der Waals surface area contributed by atoms with Crippen LogP contribution in [0.4, 0.5) is 0 Å². The Morgan fingerprint density at radius 2 is 1.96 bits per heavy atom. The number of nitrogens with zero attached hydrogens (tertiary/aromatic N) is 1. The molecule has 3 aliphatic heterocycles. The Morgan fingerprint density at radius 3 is 2.81 bits per heavy atom. The Hall–Kier alpha value is -2.66. The van der Waals surface area contributed by atoms with Crippen molar-refractivity contribution in [2.75, 3.05) is 13.9 Å². The van der Waals surface area contributed by atoms with E-state index in [0.29, 0.717) is 18.9 Å². The summed E-state index contributed by atoms with van der Waals surface area (Å²) in [7, 11) is 1.73. The van der Waals surface area contributed by atoms with Crippen LogP contribution >= 0.6 is 0 Å². The van der Waals surface area contributed by atoms with Gasteiger partial charge in [0, 0.05) is 35.2 Å². The molecule has 0 fully saturated rings. The maximum atomic E-state index is 5.66. The fourth-order valence-electron chi connectivity index (χ4n) is 5.05. The van der Waals surface area contributed by atoms with E-state index in [1.807, 2.05) is 6.07 Å². The van der Waals surface area contributed by atoms with Crippen LogP contribution in [0.5, 0.6) is 17.2 Å². The highest BCUT2D eigenvalue weighted by Gasteiger charge is 2.38. The summed E-state index contributed by atoms with van der Waals surface area (Å²) in [6.45, 7) is 3.61. The van der Waals surface area contributed by atoms with Crippen LogP contribution in [0.2, 0.25) is 0 Å². The minimum absolute atomic E-state index is 0.328. The number of rotatable bonds is 1. The monoisotopic (exact) mass is 362 g/mol. The topological polar surface area (TPSA) is 46.7 Å². The van der Waals surface area contributed by atoms with E-state index in [1.54, 1.807) is 7.11 Å². The summed E-state index contributed by atoms with van der Waals surface area (Å²) in [5.74, 6) is 2.69. The second-order valence-corrected chi connectivity index (χ2v) is 7.84. The smallest absolute Gasteiger partial charge is 0.231 e. The number of methoxy groups -OCH3 is 1. The number of aromatic nitrogens is 1. The minimum atomic E-state index is 0.328. The average Bonchev–Trinajstić information content (AvgIpc) is 3.28. The van der Waals surface area contributed by atoms with Gasteiger partial charge in [-0.05, 0) is 66.8 Å². The Labute approximate surface area is 157 Å². The molecule has 2 atom stereocenters. The molecule has 1 aromatic heterocycles. The summed E-state index contributed by atoms with van der Waals surface area (Å²) in [6, 6.07) is 11.6. The van der Waals surface area contributed by atoms with Crippen LogP contribution in [0.15, 0.2) is 30.3 Å². The lowest BCUT2D eigenvalue weighted by Gasteiger charge is -2.44. The summed E-state index contributed by atoms with van der Waals surface area (Å²) in [6.07, 6.45) is 2.05. The maximum Gasteiger partial charge on any atom is 0.231 e. The van der Waals surface area contributed by atoms with Crippen LogP contribution in [0.25, 0.3) is 10.9 Å². The van der Waals surface area contributed by atoms with Crippen molar-refractivity contribution >= 4 is 10.9 Å². The predicted octanol–water partition coefficient (Wildman–Crippen LogP) is 3.95. The van der Waals surface area contributed by atoms with Crippen LogP contribution in [-0.4, -0.2) is 29.8 Å². The highest BCUT2D eigenvalue weighted by molar-refractivity contribution is 5.86. The third-order valence-corrected chi connectivity index (χ3v) is 6.42. The standard InChI is InChI=1S/C22H22N2O3/c1-12-5-13-6-21-22(27-11-26-21)9-15(13)20-8-17-16-7-14(25-2)3-4-18(16)23-19(17)10-24(12)20/h3-4,6-7,9,12,20,23H,5,8,10-11H2,1-2H3/t12?,20-/m0/s1. The van der Waals surface area contributed by atoms with Gasteiger partial charge in [0.2, 0.25) is 6.79 Å². The van der Waals surface area contributed by atoms with Crippen molar-refractivity contribution in [3.05, 3.63) is 52.7 Å². The van der Waals surface area contributed by atoms with E-state index in [9.17, 15) is 0 Å². The molecule has 5 heteroatoms. The fraction of sp³-hybridized carbons (Fsp3) is 0.364. The number of fused-ring (bicyclic) bond motifs is 7. The summed E-state index contributed by atoms with van der Waals surface area (Å²) >= 11 is 0. The summed E-state index contributed by atoms with van der Waals surface area (Å²) in [5, 5.41) is 1.28. The molecule has 0 spiro atoms. The summed E-state index contributed by atoms with van der Waals surface area (Å²) in [4.78, 5) is 6.27. The van der Waals surface area contributed by atoms with Gasteiger partial charge in [-0.3, -0.25) is 4.90 Å². The van der Waals surface area contributed by atoms with Gasteiger partial charge in [0.25, 0.3) is 0 Å². The Morgan fingerprint density at radius 1 is 1.11 bits per heavy atom. The Kier molecular flexibility index (Phi) is 3.09. The first-order valence-electron chi connectivity index (χ1n) is 9.57. The van der Waals surface area contributed by atoms with Crippen LogP contribution in [-0.2, 0) is 19.4 Å². The molecule has 5 nitrogen and oxygen atoms in total. The number of nitrogens with one attached hydrogen (secondary N) is 1. The van der Waals surface area contributed by atoms with Crippen LogP contribution in [0.3, 0.4) is 0 Å². The van der Waals surface area contributed by atoms with Crippen molar-refractivity contribution in [2.45, 2.75) is 38.4 Å². The first-order chi connectivity index (χ1) is 13.2. The lowest BCUT2D eigenvalue weighted by Crippen LogP contribution is -2.44. The van der Waals surface area contributed by atoms with Crippen LogP contribution < -0.4 is 14.2 Å². The number of hydrogen-bond acceptors (Lipinski definition) is 4. The van der Waals surface area contributed by atoms with E-state index in [4.69, 9.17) is 14.2 Å². The number of ether oxygens (including phenoxy) is 3. The molecule has 6 rings (SSSR count). The molecule has 27 heavy (non-hydrogen) atoms. The molecule has 0 amide bonds. The zero-order valence-electron chi connectivity index (χ0n) is 15.5. The molecule has 0 bridgehead atoms. The molecule has 0 saturated carbocycles. The maximum absolute atomic E-state index is 5.66. The van der Waals surface area contributed by atoms with Crippen molar-refractivity contribution < 1.29 is 14.2 Å². The molecular formula is C22H22N2O3. The zero-order valence-corrected chi connectivity index (χ0v) is 15.5. The summed E-state index contributed by atoms with van der Waals surface area (Å²) < 4.78 is 16.7. The molecule has 0 aliphatic carbocycles.